The predicted molar refractivity (Wildman–Crippen MR) is 103 cm³/mol. The molecule has 0 unspecified atom stereocenters. The van der Waals surface area contributed by atoms with Gasteiger partial charge in [-0.2, -0.15) is 5.26 Å². The lowest BCUT2D eigenvalue weighted by Crippen LogP contribution is -2.58. The fourth-order valence-corrected chi connectivity index (χ4v) is 6.29. The number of hydrogen-bond acceptors (Lipinski definition) is 6. The number of carbonyl (C=O) groups is 1. The Hall–Kier alpha value is -2.72. The van der Waals surface area contributed by atoms with Crippen LogP contribution in [0.25, 0.3) is 10.9 Å². The number of ether oxygens (including phenoxy) is 1. The molecule has 150 valence electrons. The predicted octanol–water partition coefficient (Wildman–Crippen LogP) is 2.29. The summed E-state index contributed by atoms with van der Waals surface area (Å²) in [4.78, 5) is 30.3. The van der Waals surface area contributed by atoms with E-state index in [1.165, 1.54) is 4.57 Å². The quantitative estimate of drug-likeness (QED) is 0.799. The molecule has 1 aromatic carbocycles. The van der Waals surface area contributed by atoms with Gasteiger partial charge >= 0.3 is 5.97 Å². The number of aliphatic hydroxyl groups is 1. The van der Waals surface area contributed by atoms with Gasteiger partial charge in [-0.1, -0.05) is 12.1 Å². The molecule has 4 aliphatic rings. The standard InChI is InChI=1S/C22H23N3O4/c23-5-6-25-18(24-17-4-2-1-3-16(17)19(25)26)12-29-20(27)21-8-14-7-15(9-21)11-22(28,10-14)13-21/h1-4,14-15,28H,6-13H2/t14-,15-,21?,22?/m1/s1. The maximum Gasteiger partial charge on any atom is 0.312 e. The van der Waals surface area contributed by atoms with Gasteiger partial charge in [-0.15, -0.1) is 0 Å². The fourth-order valence-electron chi connectivity index (χ4n) is 6.29. The lowest BCUT2D eigenvalue weighted by molar-refractivity contribution is -0.197. The van der Waals surface area contributed by atoms with E-state index in [9.17, 15) is 14.7 Å². The van der Waals surface area contributed by atoms with E-state index < -0.39 is 11.0 Å². The lowest BCUT2D eigenvalue weighted by Gasteiger charge is -2.58. The first kappa shape index (κ1) is 18.3. The maximum absolute atomic E-state index is 13.1. The molecule has 7 nitrogen and oxygen atoms in total. The highest BCUT2D eigenvalue weighted by Gasteiger charge is 2.60. The van der Waals surface area contributed by atoms with E-state index in [0.29, 0.717) is 29.2 Å². The van der Waals surface area contributed by atoms with E-state index in [4.69, 9.17) is 10.00 Å². The molecule has 0 amide bonds. The molecule has 0 radical (unpaired) electrons. The third-order valence-electron chi connectivity index (χ3n) is 6.97. The summed E-state index contributed by atoms with van der Waals surface area (Å²) >= 11 is 0. The molecule has 29 heavy (non-hydrogen) atoms. The Balaban J connectivity index is 1.42. The van der Waals surface area contributed by atoms with Crippen molar-refractivity contribution in [1.29, 1.82) is 5.26 Å². The summed E-state index contributed by atoms with van der Waals surface area (Å²) in [5, 5.41) is 20.4. The van der Waals surface area contributed by atoms with Crippen molar-refractivity contribution in [3.05, 3.63) is 40.4 Å². The largest absolute Gasteiger partial charge is 0.457 e. The van der Waals surface area contributed by atoms with Gasteiger partial charge in [0.2, 0.25) is 0 Å². The van der Waals surface area contributed by atoms with Crippen LogP contribution in [0.3, 0.4) is 0 Å². The zero-order valence-electron chi connectivity index (χ0n) is 16.1. The lowest BCUT2D eigenvalue weighted by atomic mass is 9.48. The number of para-hydroxylation sites is 1. The molecule has 2 atom stereocenters. The highest BCUT2D eigenvalue weighted by atomic mass is 16.5. The number of esters is 1. The van der Waals surface area contributed by atoms with E-state index in [1.807, 2.05) is 6.07 Å². The Labute approximate surface area is 167 Å². The number of nitrogens with zero attached hydrogens (tertiary/aromatic N) is 3. The summed E-state index contributed by atoms with van der Waals surface area (Å²) in [5.74, 6) is 0.719. The Kier molecular flexibility index (Phi) is 4.04. The number of hydrogen-bond donors (Lipinski definition) is 1. The van der Waals surface area contributed by atoms with Gasteiger partial charge < -0.3 is 9.84 Å². The molecule has 7 heteroatoms. The zero-order valence-corrected chi connectivity index (χ0v) is 16.1. The minimum Gasteiger partial charge on any atom is -0.457 e. The van der Waals surface area contributed by atoms with E-state index in [1.54, 1.807) is 24.3 Å². The van der Waals surface area contributed by atoms with Crippen LogP contribution in [0.5, 0.6) is 0 Å². The van der Waals surface area contributed by atoms with Crippen LogP contribution in [0.1, 0.15) is 44.3 Å². The molecule has 2 aromatic rings. The summed E-state index contributed by atoms with van der Waals surface area (Å²) in [7, 11) is 0. The van der Waals surface area contributed by atoms with Gasteiger partial charge in [-0.3, -0.25) is 14.2 Å². The zero-order chi connectivity index (χ0) is 20.2. The molecular weight excluding hydrogens is 370 g/mol. The Morgan fingerprint density at radius 2 is 2.00 bits per heavy atom. The highest BCUT2D eigenvalue weighted by molar-refractivity contribution is 5.78. The number of rotatable bonds is 4. The second-order valence-electron chi connectivity index (χ2n) is 9.14. The third-order valence-corrected chi connectivity index (χ3v) is 6.97. The van der Waals surface area contributed by atoms with E-state index >= 15 is 0 Å². The van der Waals surface area contributed by atoms with E-state index in [-0.39, 0.29) is 30.5 Å². The summed E-state index contributed by atoms with van der Waals surface area (Å²) < 4.78 is 6.93. The van der Waals surface area contributed by atoms with Crippen LogP contribution in [-0.2, 0) is 22.7 Å². The minimum absolute atomic E-state index is 0.154. The van der Waals surface area contributed by atoms with E-state index in [0.717, 1.165) is 32.1 Å². The smallest absolute Gasteiger partial charge is 0.312 e. The van der Waals surface area contributed by atoms with Gasteiger partial charge in [0.1, 0.15) is 13.2 Å². The van der Waals surface area contributed by atoms with Gasteiger partial charge in [0, 0.05) is 0 Å². The molecule has 4 fully saturated rings. The Morgan fingerprint density at radius 3 is 2.69 bits per heavy atom. The van der Waals surface area contributed by atoms with Crippen molar-refractivity contribution in [1.82, 2.24) is 9.55 Å². The summed E-state index contributed by atoms with van der Waals surface area (Å²) in [6, 6.07) is 8.92. The van der Waals surface area contributed by atoms with Gasteiger partial charge in [-0.05, 0) is 62.5 Å². The topological polar surface area (TPSA) is 105 Å². The van der Waals surface area contributed by atoms with Crippen LogP contribution in [-0.4, -0.2) is 26.2 Å². The molecule has 1 N–H and O–H groups in total. The van der Waals surface area contributed by atoms with Crippen LogP contribution < -0.4 is 5.56 Å². The van der Waals surface area contributed by atoms with Crippen LogP contribution in [0.2, 0.25) is 0 Å². The summed E-state index contributed by atoms with van der Waals surface area (Å²) in [5.41, 5.74) is -1.17. The maximum atomic E-state index is 13.1. The van der Waals surface area contributed by atoms with Gasteiger partial charge in [0.25, 0.3) is 5.56 Å². The number of benzene rings is 1. The van der Waals surface area contributed by atoms with Crippen molar-refractivity contribution in [2.75, 3.05) is 0 Å². The highest BCUT2D eigenvalue weighted by Crippen LogP contribution is 2.62. The first-order valence-electron chi connectivity index (χ1n) is 10.2. The molecule has 0 spiro atoms. The molecule has 0 saturated heterocycles. The van der Waals surface area contributed by atoms with Crippen molar-refractivity contribution < 1.29 is 14.6 Å². The van der Waals surface area contributed by atoms with Gasteiger partial charge in [0.15, 0.2) is 5.82 Å². The normalized spacial score (nSPS) is 32.3. The number of aromatic nitrogens is 2. The molecule has 1 aromatic heterocycles. The molecule has 4 saturated carbocycles. The monoisotopic (exact) mass is 393 g/mol. The van der Waals surface area contributed by atoms with E-state index in [2.05, 4.69) is 4.98 Å². The average Bonchev–Trinajstić information content (AvgIpc) is 2.67. The third kappa shape index (κ3) is 2.94. The summed E-state index contributed by atoms with van der Waals surface area (Å²) in [6.07, 6.45) is 4.65. The van der Waals surface area contributed by atoms with Crippen molar-refractivity contribution in [3.8, 4) is 6.07 Å². The number of fused-ring (bicyclic) bond motifs is 1. The van der Waals surface area contributed by atoms with Gasteiger partial charge in [-0.25, -0.2) is 4.98 Å². The van der Waals surface area contributed by atoms with Crippen molar-refractivity contribution in [3.63, 3.8) is 0 Å². The molecule has 4 bridgehead atoms. The molecule has 0 aliphatic heterocycles. The first-order chi connectivity index (χ1) is 13.9. The number of nitriles is 1. The van der Waals surface area contributed by atoms with Crippen LogP contribution in [0.15, 0.2) is 29.1 Å². The average molecular weight is 393 g/mol. The Morgan fingerprint density at radius 1 is 1.28 bits per heavy atom. The van der Waals surface area contributed by atoms with Crippen molar-refractivity contribution in [2.45, 2.75) is 57.3 Å². The first-order valence-corrected chi connectivity index (χ1v) is 10.2. The second-order valence-corrected chi connectivity index (χ2v) is 9.14. The molecule has 1 heterocycles. The minimum atomic E-state index is -0.743. The van der Waals surface area contributed by atoms with Gasteiger partial charge in [0.05, 0.1) is 28.0 Å². The van der Waals surface area contributed by atoms with Crippen LogP contribution in [0.4, 0.5) is 0 Å². The Bertz CT molecular complexity index is 1090. The molecule has 4 aliphatic carbocycles. The SMILES string of the molecule is N#CCn1c(COC(=O)C23C[C@H]4C[C@@H](CC(O)(C4)C2)C3)nc2ccccc2c1=O. The summed E-state index contributed by atoms with van der Waals surface area (Å²) in [6.45, 7) is -0.311. The van der Waals surface area contributed by atoms with Crippen molar-refractivity contribution in [2.24, 2.45) is 17.3 Å². The number of carbonyl (C=O) groups excluding carboxylic acids is 1. The fraction of sp³-hybridized carbons (Fsp3) is 0.545. The van der Waals surface area contributed by atoms with Crippen molar-refractivity contribution >= 4 is 16.9 Å². The van der Waals surface area contributed by atoms with Crippen LogP contribution in [0, 0.1) is 28.6 Å². The second kappa shape index (κ2) is 6.39. The molecular formula is C22H23N3O4. The molecule has 6 rings (SSSR count). The van der Waals surface area contributed by atoms with Crippen LogP contribution >= 0.6 is 0 Å².